The van der Waals surface area contributed by atoms with Gasteiger partial charge in [-0.3, -0.25) is 4.98 Å². The number of pyridine rings is 1. The molecule has 1 aromatic rings. The Morgan fingerprint density at radius 2 is 2.17 bits per heavy atom. The fourth-order valence-corrected chi connectivity index (χ4v) is 0.786. The summed E-state index contributed by atoms with van der Waals surface area (Å²) in [6.45, 7) is 4.32. The number of rotatable bonds is 2. The van der Waals surface area contributed by atoms with Gasteiger partial charge in [0.1, 0.15) is 5.69 Å². The second-order valence-corrected chi connectivity index (χ2v) is 2.57. The third-order valence-electron chi connectivity index (χ3n) is 1.47. The lowest BCUT2D eigenvalue weighted by Gasteiger charge is -2.08. The molecule has 0 amide bonds. The van der Waals surface area contributed by atoms with Crippen molar-refractivity contribution in [1.29, 1.82) is 0 Å². The molecule has 64 valence electrons. The van der Waals surface area contributed by atoms with E-state index in [0.717, 1.165) is 12.5 Å². The summed E-state index contributed by atoms with van der Waals surface area (Å²) in [6, 6.07) is 2.86. The summed E-state index contributed by atoms with van der Waals surface area (Å²) in [7, 11) is 0. The minimum atomic E-state index is -2.86. The van der Waals surface area contributed by atoms with Gasteiger partial charge in [0.2, 0.25) is 0 Å². The first-order valence-corrected chi connectivity index (χ1v) is 3.51. The summed E-state index contributed by atoms with van der Waals surface area (Å²) in [4.78, 5) is 3.60. The predicted molar refractivity (Wildman–Crippen MR) is 43.9 cm³/mol. The summed E-state index contributed by atoms with van der Waals surface area (Å²) >= 11 is 0. The Hall–Kier alpha value is -1.25. The summed E-state index contributed by atoms with van der Waals surface area (Å²) < 4.78 is 25.2. The van der Waals surface area contributed by atoms with Gasteiger partial charge in [0, 0.05) is 13.1 Å². The monoisotopic (exact) mass is 169 g/mol. The summed E-state index contributed by atoms with van der Waals surface area (Å²) in [6.07, 6.45) is 2.93. The highest BCUT2D eigenvalue weighted by atomic mass is 19.3. The zero-order chi connectivity index (χ0) is 9.19. The third-order valence-corrected chi connectivity index (χ3v) is 1.47. The van der Waals surface area contributed by atoms with Gasteiger partial charge in [-0.05, 0) is 11.6 Å². The minimum Gasteiger partial charge on any atom is -0.254 e. The van der Waals surface area contributed by atoms with Crippen LogP contribution in [-0.4, -0.2) is 4.98 Å². The molecular weight excluding hydrogens is 160 g/mol. The van der Waals surface area contributed by atoms with Crippen molar-refractivity contribution in [1.82, 2.24) is 4.98 Å². The van der Waals surface area contributed by atoms with Crippen LogP contribution < -0.4 is 0 Å². The van der Waals surface area contributed by atoms with Crippen molar-refractivity contribution >= 4 is 6.08 Å². The van der Waals surface area contributed by atoms with Gasteiger partial charge in [-0.25, -0.2) is 0 Å². The van der Waals surface area contributed by atoms with Gasteiger partial charge in [-0.1, -0.05) is 18.7 Å². The highest BCUT2D eigenvalue weighted by Crippen LogP contribution is 2.24. The zero-order valence-electron chi connectivity index (χ0n) is 6.72. The largest absolute Gasteiger partial charge is 0.286 e. The molecule has 0 aromatic carbocycles. The van der Waals surface area contributed by atoms with Crippen molar-refractivity contribution in [3.8, 4) is 0 Å². The van der Waals surface area contributed by atoms with Crippen molar-refractivity contribution in [2.75, 3.05) is 0 Å². The Balaban J connectivity index is 3.00. The maximum Gasteiger partial charge on any atom is 0.286 e. The number of nitrogens with zero attached hydrogens (tertiary/aromatic N) is 1. The SMILES string of the molecule is C=Cc1ccc(C(C)(F)F)nc1. The lowest BCUT2D eigenvalue weighted by Crippen LogP contribution is -2.08. The maximum absolute atomic E-state index is 12.6. The van der Waals surface area contributed by atoms with Crippen molar-refractivity contribution < 1.29 is 8.78 Å². The number of hydrogen-bond donors (Lipinski definition) is 0. The molecule has 0 saturated carbocycles. The Labute approximate surface area is 69.8 Å². The van der Waals surface area contributed by atoms with Crippen molar-refractivity contribution in [2.45, 2.75) is 12.8 Å². The van der Waals surface area contributed by atoms with Gasteiger partial charge in [0.05, 0.1) is 0 Å². The van der Waals surface area contributed by atoms with E-state index < -0.39 is 5.92 Å². The van der Waals surface area contributed by atoms with E-state index in [9.17, 15) is 8.78 Å². The molecular formula is C9H9F2N. The van der Waals surface area contributed by atoms with Gasteiger partial charge < -0.3 is 0 Å². The van der Waals surface area contributed by atoms with E-state index in [1.54, 1.807) is 12.1 Å². The van der Waals surface area contributed by atoms with Crippen LogP contribution >= 0.6 is 0 Å². The van der Waals surface area contributed by atoms with Crippen LogP contribution in [0.4, 0.5) is 8.78 Å². The fourth-order valence-electron chi connectivity index (χ4n) is 0.786. The predicted octanol–water partition coefficient (Wildman–Crippen LogP) is 2.84. The molecule has 0 aliphatic rings. The van der Waals surface area contributed by atoms with E-state index >= 15 is 0 Å². The number of hydrogen-bond acceptors (Lipinski definition) is 1. The molecule has 1 rings (SSSR count). The molecule has 0 radical (unpaired) electrons. The van der Waals surface area contributed by atoms with Crippen LogP contribution in [0.3, 0.4) is 0 Å². The van der Waals surface area contributed by atoms with Crippen LogP contribution in [0.25, 0.3) is 6.08 Å². The second-order valence-electron chi connectivity index (χ2n) is 2.57. The van der Waals surface area contributed by atoms with Gasteiger partial charge in [-0.2, -0.15) is 8.78 Å². The molecule has 0 atom stereocenters. The Bertz CT molecular complexity index is 272. The van der Waals surface area contributed by atoms with Crippen LogP contribution in [0.15, 0.2) is 24.9 Å². The molecule has 1 nitrogen and oxygen atoms in total. The first-order valence-electron chi connectivity index (χ1n) is 3.51. The average Bonchev–Trinajstić information content (AvgIpc) is 2.03. The minimum absolute atomic E-state index is 0.215. The van der Waals surface area contributed by atoms with Crippen LogP contribution in [0, 0.1) is 0 Å². The molecule has 0 bridgehead atoms. The molecule has 3 heteroatoms. The van der Waals surface area contributed by atoms with Crippen LogP contribution in [0.5, 0.6) is 0 Å². The molecule has 0 N–H and O–H groups in total. The molecule has 0 spiro atoms. The number of alkyl halides is 2. The number of aromatic nitrogens is 1. The molecule has 12 heavy (non-hydrogen) atoms. The molecule has 0 fully saturated rings. The molecule has 1 aromatic heterocycles. The van der Waals surface area contributed by atoms with E-state index in [2.05, 4.69) is 11.6 Å². The summed E-state index contributed by atoms with van der Waals surface area (Å²) in [5, 5.41) is 0. The van der Waals surface area contributed by atoms with Gasteiger partial charge in [-0.15, -0.1) is 0 Å². The fraction of sp³-hybridized carbons (Fsp3) is 0.222. The Morgan fingerprint density at radius 3 is 2.50 bits per heavy atom. The van der Waals surface area contributed by atoms with Crippen molar-refractivity contribution in [3.05, 3.63) is 36.2 Å². The molecule has 0 saturated heterocycles. The van der Waals surface area contributed by atoms with Crippen LogP contribution in [0.2, 0.25) is 0 Å². The average molecular weight is 169 g/mol. The van der Waals surface area contributed by atoms with Gasteiger partial charge >= 0.3 is 0 Å². The zero-order valence-corrected chi connectivity index (χ0v) is 6.72. The van der Waals surface area contributed by atoms with E-state index in [0.29, 0.717) is 0 Å². The number of halogens is 2. The van der Waals surface area contributed by atoms with Gasteiger partial charge in [0.15, 0.2) is 0 Å². The molecule has 0 aliphatic carbocycles. The van der Waals surface area contributed by atoms with Crippen molar-refractivity contribution in [3.63, 3.8) is 0 Å². The normalized spacial score (nSPS) is 11.2. The van der Waals surface area contributed by atoms with Crippen molar-refractivity contribution in [2.24, 2.45) is 0 Å². The van der Waals surface area contributed by atoms with E-state index in [4.69, 9.17) is 0 Å². The van der Waals surface area contributed by atoms with Crippen LogP contribution in [0.1, 0.15) is 18.2 Å². The highest BCUT2D eigenvalue weighted by Gasteiger charge is 2.25. The lowest BCUT2D eigenvalue weighted by molar-refractivity contribution is 0.0128. The van der Waals surface area contributed by atoms with Crippen LogP contribution in [-0.2, 0) is 5.92 Å². The third kappa shape index (κ3) is 1.87. The molecule has 0 aliphatic heterocycles. The lowest BCUT2D eigenvalue weighted by atomic mass is 10.2. The Morgan fingerprint density at radius 1 is 1.50 bits per heavy atom. The first-order chi connectivity index (χ1) is 5.54. The van der Waals surface area contributed by atoms with E-state index in [1.165, 1.54) is 12.3 Å². The Kier molecular flexibility index (Phi) is 2.22. The highest BCUT2D eigenvalue weighted by molar-refractivity contribution is 5.45. The van der Waals surface area contributed by atoms with Gasteiger partial charge in [0.25, 0.3) is 5.92 Å². The smallest absolute Gasteiger partial charge is 0.254 e. The van der Waals surface area contributed by atoms with E-state index in [1.807, 2.05) is 0 Å². The maximum atomic E-state index is 12.6. The summed E-state index contributed by atoms with van der Waals surface area (Å²) in [5.41, 5.74) is 0.524. The van der Waals surface area contributed by atoms with E-state index in [-0.39, 0.29) is 5.69 Å². The molecule has 1 heterocycles. The summed E-state index contributed by atoms with van der Waals surface area (Å²) in [5.74, 6) is -2.86. The second kappa shape index (κ2) is 3.01. The topological polar surface area (TPSA) is 12.9 Å². The quantitative estimate of drug-likeness (QED) is 0.663. The molecule has 0 unspecified atom stereocenters. The first kappa shape index (κ1) is 8.84. The standard InChI is InChI=1S/C9H9F2N/c1-3-7-4-5-8(12-6-7)9(2,10)11/h3-6H,1H2,2H3.